The molecule has 4 rings (SSSR count). The average molecular weight is 476 g/mol. The molecule has 174 valence electrons. The van der Waals surface area contributed by atoms with Gasteiger partial charge < -0.3 is 15.0 Å². The normalized spacial score (nSPS) is 16.7. The minimum atomic E-state index is -0.231. The summed E-state index contributed by atoms with van der Waals surface area (Å²) in [6.07, 6.45) is 6.28. The Balaban J connectivity index is 1.38. The second kappa shape index (κ2) is 10.3. The van der Waals surface area contributed by atoms with Gasteiger partial charge >= 0.3 is 5.97 Å². The molecule has 1 saturated heterocycles. The summed E-state index contributed by atoms with van der Waals surface area (Å²) in [6.45, 7) is 11.9. The molecule has 0 unspecified atom stereocenters. The molecule has 2 aliphatic rings. The van der Waals surface area contributed by atoms with Crippen molar-refractivity contribution in [2.75, 3.05) is 38.1 Å². The number of ether oxygens (including phenoxy) is 1. The lowest BCUT2D eigenvalue weighted by Gasteiger charge is -2.36. The summed E-state index contributed by atoms with van der Waals surface area (Å²) >= 11 is 7.42. The van der Waals surface area contributed by atoms with Gasteiger partial charge in [0.05, 0.1) is 18.4 Å². The SMILES string of the molecule is CCOC(=O)c1c(NC(=S)N2CCN(Cc3cnn(CC)c3C)CC2)sc2c1CCCC2. The Hall–Kier alpha value is -1.97. The fourth-order valence-corrected chi connectivity index (χ4v) is 6.18. The molecule has 7 nitrogen and oxygen atoms in total. The number of thiocarbonyl (C=S) groups is 1. The van der Waals surface area contributed by atoms with Crippen molar-refractivity contribution in [2.24, 2.45) is 0 Å². The van der Waals surface area contributed by atoms with Crippen LogP contribution < -0.4 is 5.32 Å². The summed E-state index contributed by atoms with van der Waals surface area (Å²) < 4.78 is 7.42. The Labute approximate surface area is 199 Å². The van der Waals surface area contributed by atoms with Gasteiger partial charge in [0.2, 0.25) is 0 Å². The molecule has 32 heavy (non-hydrogen) atoms. The number of hydrogen-bond acceptors (Lipinski definition) is 6. The monoisotopic (exact) mass is 475 g/mol. The lowest BCUT2D eigenvalue weighted by Crippen LogP contribution is -2.49. The van der Waals surface area contributed by atoms with Crippen LogP contribution in [0.4, 0.5) is 5.00 Å². The number of esters is 1. The van der Waals surface area contributed by atoms with Crippen LogP contribution in [-0.4, -0.2) is 63.4 Å². The van der Waals surface area contributed by atoms with Gasteiger partial charge in [-0.1, -0.05) is 0 Å². The highest BCUT2D eigenvalue weighted by molar-refractivity contribution is 7.80. The van der Waals surface area contributed by atoms with Crippen LogP contribution in [0.2, 0.25) is 0 Å². The van der Waals surface area contributed by atoms with Gasteiger partial charge in [-0.3, -0.25) is 9.58 Å². The highest BCUT2D eigenvalue weighted by Gasteiger charge is 2.28. The highest BCUT2D eigenvalue weighted by Crippen LogP contribution is 2.38. The van der Waals surface area contributed by atoms with E-state index < -0.39 is 0 Å². The van der Waals surface area contributed by atoms with Crippen molar-refractivity contribution < 1.29 is 9.53 Å². The highest BCUT2D eigenvalue weighted by atomic mass is 32.1. The van der Waals surface area contributed by atoms with Gasteiger partial charge in [-0.15, -0.1) is 11.3 Å². The van der Waals surface area contributed by atoms with Crippen LogP contribution in [0.15, 0.2) is 6.20 Å². The van der Waals surface area contributed by atoms with Crippen LogP contribution >= 0.6 is 23.6 Å². The quantitative estimate of drug-likeness (QED) is 0.503. The van der Waals surface area contributed by atoms with Gasteiger partial charge in [0.15, 0.2) is 5.11 Å². The molecule has 1 aliphatic heterocycles. The number of anilines is 1. The summed E-state index contributed by atoms with van der Waals surface area (Å²) in [6, 6.07) is 0. The molecule has 0 saturated carbocycles. The molecule has 2 aromatic heterocycles. The second-order valence-electron chi connectivity index (χ2n) is 8.40. The summed E-state index contributed by atoms with van der Waals surface area (Å²) in [5, 5.41) is 9.42. The van der Waals surface area contributed by atoms with E-state index in [-0.39, 0.29) is 5.97 Å². The number of aromatic nitrogens is 2. The first kappa shape index (κ1) is 23.2. The van der Waals surface area contributed by atoms with E-state index in [1.807, 2.05) is 17.8 Å². The number of nitrogens with one attached hydrogen (secondary N) is 1. The van der Waals surface area contributed by atoms with E-state index in [1.165, 1.54) is 22.6 Å². The molecular formula is C23H33N5O2S2. The zero-order valence-electron chi connectivity index (χ0n) is 19.3. The number of fused-ring (bicyclic) bond motifs is 1. The average Bonchev–Trinajstić information content (AvgIpc) is 3.34. The van der Waals surface area contributed by atoms with E-state index >= 15 is 0 Å². The predicted octanol–water partition coefficient (Wildman–Crippen LogP) is 3.84. The topological polar surface area (TPSA) is 62.6 Å². The second-order valence-corrected chi connectivity index (χ2v) is 9.89. The van der Waals surface area contributed by atoms with E-state index in [2.05, 4.69) is 34.1 Å². The zero-order valence-corrected chi connectivity index (χ0v) is 20.9. The number of thiophene rings is 1. The van der Waals surface area contributed by atoms with Crippen molar-refractivity contribution in [1.82, 2.24) is 19.6 Å². The van der Waals surface area contributed by atoms with Crippen molar-refractivity contribution in [3.05, 3.63) is 33.5 Å². The van der Waals surface area contributed by atoms with Gasteiger partial charge in [-0.2, -0.15) is 5.10 Å². The molecule has 1 fully saturated rings. The Morgan fingerprint density at radius 2 is 1.97 bits per heavy atom. The number of rotatable bonds is 6. The van der Waals surface area contributed by atoms with Crippen molar-refractivity contribution in [2.45, 2.75) is 59.5 Å². The third-order valence-electron chi connectivity index (χ3n) is 6.43. The third kappa shape index (κ3) is 4.84. The lowest BCUT2D eigenvalue weighted by molar-refractivity contribution is 0.0526. The van der Waals surface area contributed by atoms with E-state index in [9.17, 15) is 4.79 Å². The van der Waals surface area contributed by atoms with Crippen LogP contribution in [0.5, 0.6) is 0 Å². The summed E-state index contributed by atoms with van der Waals surface area (Å²) in [5.74, 6) is -0.231. The molecule has 0 atom stereocenters. The largest absolute Gasteiger partial charge is 0.462 e. The molecule has 0 radical (unpaired) electrons. The minimum Gasteiger partial charge on any atom is -0.462 e. The zero-order chi connectivity index (χ0) is 22.7. The number of carbonyl (C=O) groups excluding carboxylic acids is 1. The summed E-state index contributed by atoms with van der Waals surface area (Å²) in [7, 11) is 0. The van der Waals surface area contributed by atoms with Crippen LogP contribution in [0.3, 0.4) is 0 Å². The van der Waals surface area contributed by atoms with E-state index in [4.69, 9.17) is 17.0 Å². The Kier molecular flexibility index (Phi) is 7.48. The van der Waals surface area contributed by atoms with E-state index in [0.717, 1.165) is 69.1 Å². The standard InChI is InChI=1S/C23H33N5O2S2/c1-4-28-16(3)17(14-24-28)15-26-10-12-27(13-11-26)23(31)25-21-20(22(29)30-5-2)18-8-6-7-9-19(18)32-21/h14H,4-13,15H2,1-3H3,(H,25,31). The molecule has 0 amide bonds. The van der Waals surface area contributed by atoms with Crippen LogP contribution in [0.1, 0.15) is 58.7 Å². The molecule has 0 bridgehead atoms. The Bertz CT molecular complexity index is 975. The number of aryl methyl sites for hydroxylation is 2. The van der Waals surface area contributed by atoms with Crippen LogP contribution in [0, 0.1) is 6.92 Å². The lowest BCUT2D eigenvalue weighted by atomic mass is 9.95. The molecule has 3 heterocycles. The number of piperazine rings is 1. The van der Waals surface area contributed by atoms with Crippen LogP contribution in [0.25, 0.3) is 0 Å². The van der Waals surface area contributed by atoms with Crippen molar-refractivity contribution >= 4 is 39.6 Å². The first-order valence-corrected chi connectivity index (χ1v) is 12.9. The molecular weight excluding hydrogens is 442 g/mol. The number of carbonyl (C=O) groups is 1. The van der Waals surface area contributed by atoms with Gasteiger partial charge in [-0.25, -0.2) is 4.79 Å². The first-order valence-electron chi connectivity index (χ1n) is 11.6. The Morgan fingerprint density at radius 1 is 1.22 bits per heavy atom. The predicted molar refractivity (Wildman–Crippen MR) is 133 cm³/mol. The van der Waals surface area contributed by atoms with Gasteiger partial charge in [0.1, 0.15) is 5.00 Å². The maximum absolute atomic E-state index is 12.7. The van der Waals surface area contributed by atoms with Crippen molar-refractivity contribution in [1.29, 1.82) is 0 Å². The molecule has 1 N–H and O–H groups in total. The first-order chi connectivity index (χ1) is 15.5. The fourth-order valence-electron chi connectivity index (χ4n) is 4.56. The van der Waals surface area contributed by atoms with E-state index in [0.29, 0.717) is 17.3 Å². The van der Waals surface area contributed by atoms with Crippen LogP contribution in [-0.2, 0) is 30.7 Å². The molecule has 0 spiro atoms. The molecule has 0 aromatic carbocycles. The molecule has 1 aliphatic carbocycles. The van der Waals surface area contributed by atoms with E-state index in [1.54, 1.807) is 11.3 Å². The summed E-state index contributed by atoms with van der Waals surface area (Å²) in [5.41, 5.74) is 4.42. The van der Waals surface area contributed by atoms with Crippen molar-refractivity contribution in [3.63, 3.8) is 0 Å². The smallest absolute Gasteiger partial charge is 0.341 e. The third-order valence-corrected chi connectivity index (χ3v) is 8.00. The number of hydrogen-bond donors (Lipinski definition) is 1. The number of nitrogens with zero attached hydrogens (tertiary/aromatic N) is 4. The maximum Gasteiger partial charge on any atom is 0.341 e. The Morgan fingerprint density at radius 3 is 2.66 bits per heavy atom. The maximum atomic E-state index is 12.7. The molecule has 2 aromatic rings. The minimum absolute atomic E-state index is 0.231. The van der Waals surface area contributed by atoms with Gasteiger partial charge in [0, 0.05) is 55.4 Å². The van der Waals surface area contributed by atoms with Crippen molar-refractivity contribution in [3.8, 4) is 0 Å². The summed E-state index contributed by atoms with van der Waals surface area (Å²) in [4.78, 5) is 18.7. The molecule has 9 heteroatoms. The van der Waals surface area contributed by atoms with Gasteiger partial charge in [-0.05, 0) is 64.2 Å². The fraction of sp³-hybridized carbons (Fsp3) is 0.609. The van der Waals surface area contributed by atoms with Gasteiger partial charge in [0.25, 0.3) is 0 Å².